The third-order valence-electron chi connectivity index (χ3n) is 2.59. The van der Waals surface area contributed by atoms with Crippen molar-refractivity contribution in [2.24, 2.45) is 0 Å². The quantitative estimate of drug-likeness (QED) is 0.251. The summed E-state index contributed by atoms with van der Waals surface area (Å²) < 4.78 is 35.5. The number of unbranched alkanes of at least 4 members (excludes halogenated alkanes) is 3. The standard InChI is InChI=1S/C13H18O5S.Na.H/c1-2-3-4-5-6-13(14)18-11-7-9-12(10-8-11)19(15,16)17;;/h7-10H,2-6H2,1H3,(H,15,16,17);;/q;+1;-1. The first-order valence-corrected chi connectivity index (χ1v) is 7.65. The van der Waals surface area contributed by atoms with E-state index in [4.69, 9.17) is 9.29 Å². The Hall–Kier alpha value is -0.400. The summed E-state index contributed by atoms with van der Waals surface area (Å²) >= 11 is 0. The fraction of sp³-hybridized carbons (Fsp3) is 0.462. The van der Waals surface area contributed by atoms with Crippen molar-refractivity contribution in [1.82, 2.24) is 0 Å². The Morgan fingerprint density at radius 3 is 2.30 bits per heavy atom. The van der Waals surface area contributed by atoms with Crippen LogP contribution >= 0.6 is 0 Å². The van der Waals surface area contributed by atoms with Gasteiger partial charge in [-0.15, -0.1) is 0 Å². The molecule has 0 radical (unpaired) electrons. The molecule has 108 valence electrons. The summed E-state index contributed by atoms with van der Waals surface area (Å²) in [4.78, 5) is 11.2. The molecule has 0 atom stereocenters. The van der Waals surface area contributed by atoms with Crippen molar-refractivity contribution in [3.05, 3.63) is 24.3 Å². The van der Waals surface area contributed by atoms with Gasteiger partial charge in [0.05, 0.1) is 4.90 Å². The van der Waals surface area contributed by atoms with E-state index in [1.807, 2.05) is 0 Å². The molecule has 5 nitrogen and oxygen atoms in total. The third kappa shape index (κ3) is 7.40. The largest absolute Gasteiger partial charge is 1.00 e. The summed E-state index contributed by atoms with van der Waals surface area (Å²) in [7, 11) is -4.21. The van der Waals surface area contributed by atoms with Crippen LogP contribution in [0, 0.1) is 0 Å². The number of hydrogen-bond donors (Lipinski definition) is 1. The fourth-order valence-electron chi connectivity index (χ4n) is 1.56. The van der Waals surface area contributed by atoms with Crippen LogP contribution in [0.25, 0.3) is 0 Å². The molecule has 1 N–H and O–H groups in total. The van der Waals surface area contributed by atoms with Crippen LogP contribution in [0.15, 0.2) is 29.2 Å². The maximum atomic E-state index is 11.5. The number of carbonyl (C=O) groups excluding carboxylic acids is 1. The zero-order chi connectivity index (χ0) is 14.3. The van der Waals surface area contributed by atoms with E-state index in [-0.39, 0.29) is 47.6 Å². The van der Waals surface area contributed by atoms with Crippen LogP contribution in [-0.2, 0) is 14.9 Å². The predicted octanol–water partition coefficient (Wildman–Crippen LogP) is -0.0744. The summed E-state index contributed by atoms with van der Waals surface area (Å²) in [6.07, 6.45) is 4.32. The second kappa shape index (κ2) is 9.52. The molecule has 0 spiro atoms. The minimum atomic E-state index is -4.21. The van der Waals surface area contributed by atoms with Crippen molar-refractivity contribution in [3.63, 3.8) is 0 Å². The van der Waals surface area contributed by atoms with E-state index in [9.17, 15) is 13.2 Å². The Bertz CT molecular complexity index is 516. The number of rotatable bonds is 7. The minimum absolute atomic E-state index is 0. The second-order valence-corrected chi connectivity index (χ2v) is 5.65. The van der Waals surface area contributed by atoms with Gasteiger partial charge in [-0.2, -0.15) is 8.42 Å². The van der Waals surface area contributed by atoms with Crippen LogP contribution in [0.1, 0.15) is 40.5 Å². The van der Waals surface area contributed by atoms with Crippen LogP contribution in [0.4, 0.5) is 0 Å². The molecule has 0 aliphatic rings. The molecule has 0 amide bonds. The number of carbonyl (C=O) groups is 1. The Kier molecular flexibility index (Phi) is 9.33. The van der Waals surface area contributed by atoms with E-state index >= 15 is 0 Å². The van der Waals surface area contributed by atoms with E-state index in [0.717, 1.165) is 25.7 Å². The van der Waals surface area contributed by atoms with Crippen LogP contribution in [0.5, 0.6) is 5.75 Å². The topological polar surface area (TPSA) is 80.7 Å². The van der Waals surface area contributed by atoms with Gasteiger partial charge in [-0.3, -0.25) is 9.35 Å². The number of esters is 1. The molecule has 0 fully saturated rings. The van der Waals surface area contributed by atoms with Gasteiger partial charge in [-0.05, 0) is 30.7 Å². The monoisotopic (exact) mass is 310 g/mol. The van der Waals surface area contributed by atoms with Gasteiger partial charge in [0, 0.05) is 6.42 Å². The number of hydrogen-bond acceptors (Lipinski definition) is 4. The molecule has 0 bridgehead atoms. The first-order chi connectivity index (χ1) is 8.93. The van der Waals surface area contributed by atoms with Crippen molar-refractivity contribution in [2.75, 3.05) is 0 Å². The molecule has 0 saturated heterocycles. The summed E-state index contributed by atoms with van der Waals surface area (Å²) in [5.41, 5.74) is 0. The van der Waals surface area contributed by atoms with E-state index in [1.165, 1.54) is 24.3 Å². The Balaban J connectivity index is 0. The average molecular weight is 310 g/mol. The smallest absolute Gasteiger partial charge is 1.00 e. The van der Waals surface area contributed by atoms with Gasteiger partial charge >= 0.3 is 35.5 Å². The Morgan fingerprint density at radius 1 is 1.20 bits per heavy atom. The van der Waals surface area contributed by atoms with Crippen LogP contribution in [-0.4, -0.2) is 18.9 Å². The summed E-state index contributed by atoms with van der Waals surface area (Å²) in [6, 6.07) is 5.06. The number of ether oxygens (including phenoxy) is 1. The maximum absolute atomic E-state index is 11.5. The van der Waals surface area contributed by atoms with Crippen LogP contribution < -0.4 is 34.3 Å². The molecule has 20 heavy (non-hydrogen) atoms. The predicted molar refractivity (Wildman–Crippen MR) is 71.8 cm³/mol. The number of benzene rings is 1. The SMILES string of the molecule is CCCCCCC(=O)Oc1ccc(S(=O)(=O)O)cc1.[H-].[Na+]. The van der Waals surface area contributed by atoms with Gasteiger partial charge in [0.2, 0.25) is 0 Å². The molecule has 0 heterocycles. The van der Waals surface area contributed by atoms with Crippen molar-refractivity contribution in [3.8, 4) is 5.75 Å². The molecule has 1 aromatic carbocycles. The first kappa shape index (κ1) is 19.6. The van der Waals surface area contributed by atoms with Crippen molar-refractivity contribution in [1.29, 1.82) is 0 Å². The molecular formula is C13H19NaO5S. The van der Waals surface area contributed by atoms with E-state index in [0.29, 0.717) is 6.42 Å². The van der Waals surface area contributed by atoms with Crippen LogP contribution in [0.3, 0.4) is 0 Å². The van der Waals surface area contributed by atoms with Gasteiger partial charge in [-0.25, -0.2) is 0 Å². The van der Waals surface area contributed by atoms with Gasteiger partial charge in [0.25, 0.3) is 10.1 Å². The van der Waals surface area contributed by atoms with E-state index in [1.54, 1.807) is 0 Å². The molecule has 7 heteroatoms. The molecule has 0 saturated carbocycles. The average Bonchev–Trinajstić information content (AvgIpc) is 2.34. The molecule has 0 aliphatic heterocycles. The van der Waals surface area contributed by atoms with Crippen molar-refractivity contribution >= 4 is 16.1 Å². The van der Waals surface area contributed by atoms with Gasteiger partial charge in [0.15, 0.2) is 0 Å². The molecule has 0 aromatic heterocycles. The summed E-state index contributed by atoms with van der Waals surface area (Å²) in [5, 5.41) is 0. The zero-order valence-corrected chi connectivity index (χ0v) is 14.6. The van der Waals surface area contributed by atoms with Crippen LogP contribution in [0.2, 0.25) is 0 Å². The zero-order valence-electron chi connectivity index (χ0n) is 12.8. The van der Waals surface area contributed by atoms with Crippen molar-refractivity contribution < 1.29 is 53.5 Å². The molecule has 1 aromatic rings. The maximum Gasteiger partial charge on any atom is 1.00 e. The summed E-state index contributed by atoms with van der Waals surface area (Å²) in [5.74, 6) is -0.0661. The molecule has 0 aliphatic carbocycles. The van der Waals surface area contributed by atoms with Gasteiger partial charge < -0.3 is 6.16 Å². The van der Waals surface area contributed by atoms with Crippen molar-refractivity contribution in [2.45, 2.75) is 43.9 Å². The second-order valence-electron chi connectivity index (χ2n) is 4.23. The Labute approximate surface area is 143 Å². The molecule has 0 unspecified atom stereocenters. The first-order valence-electron chi connectivity index (χ1n) is 6.21. The van der Waals surface area contributed by atoms with Gasteiger partial charge in [0.1, 0.15) is 5.75 Å². The fourth-order valence-corrected chi connectivity index (χ4v) is 2.04. The summed E-state index contributed by atoms with van der Waals surface area (Å²) in [6.45, 7) is 2.09. The third-order valence-corrected chi connectivity index (χ3v) is 3.46. The molecule has 1 rings (SSSR count). The Morgan fingerprint density at radius 2 is 1.80 bits per heavy atom. The van der Waals surface area contributed by atoms with E-state index < -0.39 is 10.1 Å². The van der Waals surface area contributed by atoms with E-state index in [2.05, 4.69) is 6.92 Å². The van der Waals surface area contributed by atoms with Gasteiger partial charge in [-0.1, -0.05) is 26.2 Å². The normalized spacial score (nSPS) is 10.7. The molecular weight excluding hydrogens is 291 g/mol. The minimum Gasteiger partial charge on any atom is -1.00 e.